The van der Waals surface area contributed by atoms with Gasteiger partial charge in [0.2, 0.25) is 0 Å². The zero-order chi connectivity index (χ0) is 14.5. The van der Waals surface area contributed by atoms with Crippen LogP contribution in [-0.4, -0.2) is 10.2 Å². The lowest BCUT2D eigenvalue weighted by atomic mass is 10.1. The van der Waals surface area contributed by atoms with Crippen molar-refractivity contribution in [1.29, 1.82) is 0 Å². The van der Waals surface area contributed by atoms with Crippen molar-refractivity contribution in [2.45, 2.75) is 6.92 Å². The summed E-state index contributed by atoms with van der Waals surface area (Å²) in [5.41, 5.74) is 3.35. The normalized spacial score (nSPS) is 10.1. The van der Waals surface area contributed by atoms with Crippen molar-refractivity contribution >= 4 is 21.4 Å². The molecular formula is C18H16N2S. The van der Waals surface area contributed by atoms with Crippen molar-refractivity contribution in [2.24, 2.45) is 0 Å². The molecule has 3 heteroatoms. The molecule has 104 valence electrons. The van der Waals surface area contributed by atoms with Crippen molar-refractivity contribution in [3.8, 4) is 11.3 Å². The average molecular weight is 292 g/mol. The maximum Gasteiger partial charge on any atom is 0.0938 e. The molecule has 0 aliphatic carbocycles. The number of rotatable bonds is 1. The fourth-order valence-electron chi connectivity index (χ4n) is 2.12. The van der Waals surface area contributed by atoms with E-state index in [0.717, 1.165) is 11.4 Å². The third-order valence-corrected chi connectivity index (χ3v) is 4.09. The van der Waals surface area contributed by atoms with E-state index in [1.165, 1.54) is 15.6 Å². The molecule has 1 N–H and O–H groups in total. The summed E-state index contributed by atoms with van der Waals surface area (Å²) >= 11 is 1.76. The first-order chi connectivity index (χ1) is 10.3. The maximum atomic E-state index is 4.29. The second-order valence-corrected chi connectivity index (χ2v) is 5.65. The predicted octanol–water partition coefficient (Wildman–Crippen LogP) is 5.29. The van der Waals surface area contributed by atoms with E-state index in [1.54, 1.807) is 11.3 Å². The topological polar surface area (TPSA) is 28.7 Å². The number of hydrogen-bond donors (Lipinski definition) is 1. The average Bonchev–Trinajstić information content (AvgIpc) is 3.15. The van der Waals surface area contributed by atoms with E-state index in [9.17, 15) is 0 Å². The Morgan fingerprint density at radius 2 is 1.57 bits per heavy atom. The van der Waals surface area contributed by atoms with Gasteiger partial charge in [-0.2, -0.15) is 5.10 Å². The third kappa shape index (κ3) is 3.20. The van der Waals surface area contributed by atoms with Crippen molar-refractivity contribution in [3.63, 3.8) is 0 Å². The zero-order valence-electron chi connectivity index (χ0n) is 11.8. The zero-order valence-corrected chi connectivity index (χ0v) is 12.6. The van der Waals surface area contributed by atoms with Crippen LogP contribution >= 0.6 is 11.3 Å². The Morgan fingerprint density at radius 3 is 2.19 bits per heavy atom. The summed E-state index contributed by atoms with van der Waals surface area (Å²) < 4.78 is 1.31. The van der Waals surface area contributed by atoms with Gasteiger partial charge in [0.1, 0.15) is 0 Å². The van der Waals surface area contributed by atoms with Crippen LogP contribution in [0.5, 0.6) is 0 Å². The van der Waals surface area contributed by atoms with Gasteiger partial charge in [-0.25, -0.2) is 0 Å². The predicted molar refractivity (Wildman–Crippen MR) is 90.6 cm³/mol. The number of H-pyrrole nitrogens is 1. The minimum Gasteiger partial charge on any atom is -0.282 e. The Morgan fingerprint density at radius 1 is 0.905 bits per heavy atom. The molecule has 0 fully saturated rings. The van der Waals surface area contributed by atoms with E-state index in [-0.39, 0.29) is 0 Å². The molecule has 2 aromatic heterocycles. The number of aryl methyl sites for hydroxylation is 1. The lowest BCUT2D eigenvalue weighted by Gasteiger charge is -1.92. The SMILES string of the molecule is Cc1cc(-c2csc3ccccc23)n[nH]1.c1ccccc1. The maximum absolute atomic E-state index is 4.29. The van der Waals surface area contributed by atoms with Crippen LogP contribution in [-0.2, 0) is 0 Å². The van der Waals surface area contributed by atoms with Crippen LogP contribution in [0.3, 0.4) is 0 Å². The van der Waals surface area contributed by atoms with E-state index >= 15 is 0 Å². The molecule has 2 heterocycles. The fraction of sp³-hybridized carbons (Fsp3) is 0.0556. The van der Waals surface area contributed by atoms with Gasteiger partial charge in [-0.05, 0) is 19.1 Å². The summed E-state index contributed by atoms with van der Waals surface area (Å²) in [6.45, 7) is 2.02. The largest absolute Gasteiger partial charge is 0.282 e. The highest BCUT2D eigenvalue weighted by atomic mass is 32.1. The molecule has 2 aromatic carbocycles. The molecule has 0 atom stereocenters. The van der Waals surface area contributed by atoms with Crippen LogP contribution in [0.2, 0.25) is 0 Å². The molecule has 0 aliphatic rings. The molecular weight excluding hydrogens is 276 g/mol. The van der Waals surface area contributed by atoms with E-state index in [0.29, 0.717) is 0 Å². The highest BCUT2D eigenvalue weighted by Crippen LogP contribution is 2.32. The third-order valence-electron chi connectivity index (χ3n) is 3.13. The Kier molecular flexibility index (Phi) is 4.12. The second kappa shape index (κ2) is 6.37. The minimum atomic E-state index is 1.03. The van der Waals surface area contributed by atoms with E-state index in [2.05, 4.69) is 45.9 Å². The molecule has 4 rings (SSSR count). The molecule has 21 heavy (non-hydrogen) atoms. The standard InChI is InChI=1S/C12H10N2S.C6H6/c1-8-6-11(14-13-8)10-7-15-12-5-3-2-4-9(10)12;1-2-4-6-5-3-1/h2-7H,1H3,(H,13,14);1-6H. The van der Waals surface area contributed by atoms with Gasteiger partial charge in [-0.1, -0.05) is 54.6 Å². The molecule has 0 aliphatic heterocycles. The number of aromatic nitrogens is 2. The quantitative estimate of drug-likeness (QED) is 0.507. The highest BCUT2D eigenvalue weighted by Gasteiger charge is 2.07. The van der Waals surface area contributed by atoms with Gasteiger partial charge >= 0.3 is 0 Å². The second-order valence-electron chi connectivity index (χ2n) is 4.74. The molecule has 0 bridgehead atoms. The summed E-state index contributed by atoms with van der Waals surface area (Å²) in [6.07, 6.45) is 0. The Hall–Kier alpha value is -2.39. The van der Waals surface area contributed by atoms with Crippen LogP contribution in [0.15, 0.2) is 72.1 Å². The molecule has 4 aromatic rings. The minimum absolute atomic E-state index is 1.03. The summed E-state index contributed by atoms with van der Waals surface area (Å²) in [5, 5.41) is 10.7. The number of aromatic amines is 1. The lowest BCUT2D eigenvalue weighted by Crippen LogP contribution is -1.74. The first-order valence-electron chi connectivity index (χ1n) is 6.83. The molecule has 2 nitrogen and oxygen atoms in total. The van der Waals surface area contributed by atoms with Gasteiger partial charge in [0, 0.05) is 26.7 Å². The summed E-state index contributed by atoms with van der Waals surface area (Å²) in [4.78, 5) is 0. The Labute approximate surface area is 128 Å². The van der Waals surface area contributed by atoms with Gasteiger partial charge < -0.3 is 0 Å². The van der Waals surface area contributed by atoms with E-state index in [1.807, 2.05) is 43.3 Å². The van der Waals surface area contributed by atoms with Crippen molar-refractivity contribution in [3.05, 3.63) is 77.8 Å². The Balaban J connectivity index is 0.000000186. The van der Waals surface area contributed by atoms with Crippen LogP contribution < -0.4 is 0 Å². The Bertz CT molecular complexity index is 789. The molecule has 0 unspecified atom stereocenters. The molecule has 0 amide bonds. The lowest BCUT2D eigenvalue weighted by molar-refractivity contribution is 1.05. The number of benzene rings is 2. The first-order valence-corrected chi connectivity index (χ1v) is 7.71. The van der Waals surface area contributed by atoms with Gasteiger partial charge in [0.15, 0.2) is 0 Å². The van der Waals surface area contributed by atoms with Crippen LogP contribution in [0, 0.1) is 6.92 Å². The summed E-state index contributed by atoms with van der Waals surface area (Å²) in [5.74, 6) is 0. The molecule has 0 spiro atoms. The number of nitrogens with zero attached hydrogens (tertiary/aromatic N) is 1. The number of hydrogen-bond acceptors (Lipinski definition) is 2. The van der Waals surface area contributed by atoms with Gasteiger partial charge in [0.25, 0.3) is 0 Å². The van der Waals surface area contributed by atoms with Gasteiger partial charge in [-0.3, -0.25) is 5.10 Å². The number of fused-ring (bicyclic) bond motifs is 1. The van der Waals surface area contributed by atoms with Crippen LogP contribution in [0.25, 0.3) is 21.3 Å². The van der Waals surface area contributed by atoms with Gasteiger partial charge in [0.05, 0.1) is 5.69 Å². The van der Waals surface area contributed by atoms with E-state index in [4.69, 9.17) is 0 Å². The summed E-state index contributed by atoms with van der Waals surface area (Å²) in [7, 11) is 0. The highest BCUT2D eigenvalue weighted by molar-refractivity contribution is 7.17. The van der Waals surface area contributed by atoms with Crippen LogP contribution in [0.1, 0.15) is 5.69 Å². The molecule has 0 saturated carbocycles. The van der Waals surface area contributed by atoms with E-state index < -0.39 is 0 Å². The first kappa shape index (κ1) is 13.6. The molecule has 0 saturated heterocycles. The van der Waals surface area contributed by atoms with Crippen LogP contribution in [0.4, 0.5) is 0 Å². The smallest absolute Gasteiger partial charge is 0.0938 e. The van der Waals surface area contributed by atoms with Crippen molar-refractivity contribution in [1.82, 2.24) is 10.2 Å². The van der Waals surface area contributed by atoms with Gasteiger partial charge in [-0.15, -0.1) is 11.3 Å². The van der Waals surface area contributed by atoms with Crippen molar-refractivity contribution in [2.75, 3.05) is 0 Å². The molecule has 0 radical (unpaired) electrons. The monoisotopic (exact) mass is 292 g/mol. The fourth-order valence-corrected chi connectivity index (χ4v) is 3.07. The number of nitrogens with one attached hydrogen (secondary N) is 1. The summed E-state index contributed by atoms with van der Waals surface area (Å²) in [6, 6.07) is 22.5. The number of thiophene rings is 1. The van der Waals surface area contributed by atoms with Crippen molar-refractivity contribution < 1.29 is 0 Å².